The van der Waals surface area contributed by atoms with Gasteiger partial charge in [0, 0.05) is 12.2 Å². The van der Waals surface area contributed by atoms with E-state index in [1.807, 2.05) is 0 Å². The highest BCUT2D eigenvalue weighted by atomic mass is 32.2. The summed E-state index contributed by atoms with van der Waals surface area (Å²) in [6.45, 7) is 0. The summed E-state index contributed by atoms with van der Waals surface area (Å²) in [7, 11) is 0. The van der Waals surface area contributed by atoms with Gasteiger partial charge in [-0.3, -0.25) is 4.79 Å². The van der Waals surface area contributed by atoms with Crippen LogP contribution < -0.4 is 4.72 Å². The molecule has 1 amide bonds. The Morgan fingerprint density at radius 3 is 2.08 bits per heavy atom. The number of carboxylic acids is 1. The molecule has 2 N–H and O–H groups in total. The van der Waals surface area contributed by atoms with E-state index in [4.69, 9.17) is 9.90 Å². The van der Waals surface area contributed by atoms with Gasteiger partial charge in [0.1, 0.15) is 0 Å². The predicted octanol–water partition coefficient (Wildman–Crippen LogP) is 0.788. The second-order valence-electron chi connectivity index (χ2n) is 1.93. The topological polar surface area (TPSA) is 66.4 Å². The number of nitrogens with one attached hydrogen (secondary N) is 1. The van der Waals surface area contributed by atoms with E-state index < -0.39 is 12.1 Å². The first-order chi connectivity index (χ1) is 5.84. The maximum absolute atomic E-state index is 10.6. The van der Waals surface area contributed by atoms with Gasteiger partial charge in [-0.15, -0.1) is 0 Å². The third-order valence-corrected chi connectivity index (χ3v) is 1.64. The zero-order chi connectivity index (χ0) is 10.5. The van der Waals surface area contributed by atoms with E-state index in [0.29, 0.717) is 6.42 Å². The molecule has 0 aromatic rings. The van der Waals surface area contributed by atoms with Gasteiger partial charge < -0.3 is 9.83 Å². The quantitative estimate of drug-likeness (QED) is 0.588. The molecule has 0 unspecified atom stereocenters. The molecule has 0 aromatic heterocycles. The Balaban J connectivity index is 0.000000223. The standard InChI is InChI=1S/C3H5NOS.C2HF3O2/c5-3-1-2-6-4-3;3-2(4,5)1(6)7/h1-2H2,(H,4,5);(H,6,7). The number of aliphatic carboxylic acids is 1. The molecule has 1 heterocycles. The zero-order valence-electron chi connectivity index (χ0n) is 6.22. The monoisotopic (exact) mass is 217 g/mol. The summed E-state index contributed by atoms with van der Waals surface area (Å²) in [5.41, 5.74) is 0. The second-order valence-corrected chi connectivity index (χ2v) is 2.83. The van der Waals surface area contributed by atoms with Crippen molar-refractivity contribution < 1.29 is 27.9 Å². The van der Waals surface area contributed by atoms with Crippen molar-refractivity contribution in [3.63, 3.8) is 0 Å². The molecule has 0 saturated carbocycles. The number of hydrogen-bond donors (Lipinski definition) is 2. The molecule has 8 heteroatoms. The van der Waals surface area contributed by atoms with Crippen molar-refractivity contribution in [3.05, 3.63) is 0 Å². The molecule has 0 radical (unpaired) electrons. The molecule has 13 heavy (non-hydrogen) atoms. The van der Waals surface area contributed by atoms with Gasteiger partial charge in [0.25, 0.3) is 0 Å². The number of carboxylic acid groups (broad SMARTS) is 1. The van der Waals surface area contributed by atoms with Gasteiger partial charge in [0.2, 0.25) is 5.91 Å². The van der Waals surface area contributed by atoms with E-state index in [-0.39, 0.29) is 5.91 Å². The zero-order valence-corrected chi connectivity index (χ0v) is 7.04. The molecule has 0 bridgehead atoms. The van der Waals surface area contributed by atoms with E-state index >= 15 is 0 Å². The second kappa shape index (κ2) is 4.95. The van der Waals surface area contributed by atoms with E-state index in [1.54, 1.807) is 0 Å². The number of hydrogen-bond acceptors (Lipinski definition) is 3. The number of carbonyl (C=O) groups excluding carboxylic acids is 1. The lowest BCUT2D eigenvalue weighted by molar-refractivity contribution is -0.192. The SMILES string of the molecule is O=C(O)C(F)(F)F.O=C1CCSN1. The molecule has 1 aliphatic heterocycles. The van der Waals surface area contributed by atoms with E-state index in [0.717, 1.165) is 5.75 Å². The van der Waals surface area contributed by atoms with Crippen LogP contribution in [0.3, 0.4) is 0 Å². The minimum absolute atomic E-state index is 0.167. The third kappa shape index (κ3) is 6.26. The van der Waals surface area contributed by atoms with Gasteiger partial charge in [-0.2, -0.15) is 13.2 Å². The van der Waals surface area contributed by atoms with Gasteiger partial charge in [-0.05, 0) is 11.9 Å². The van der Waals surface area contributed by atoms with Crippen LogP contribution >= 0.6 is 11.9 Å². The largest absolute Gasteiger partial charge is 0.490 e. The Morgan fingerprint density at radius 1 is 1.54 bits per heavy atom. The molecule has 4 nitrogen and oxygen atoms in total. The lowest BCUT2D eigenvalue weighted by atomic mass is 10.5. The van der Waals surface area contributed by atoms with Crippen molar-refractivity contribution in [1.82, 2.24) is 4.72 Å². The lowest BCUT2D eigenvalue weighted by Gasteiger charge is -1.93. The van der Waals surface area contributed by atoms with Gasteiger partial charge in [0.15, 0.2) is 0 Å². The first-order valence-electron chi connectivity index (χ1n) is 3.05. The van der Waals surface area contributed by atoms with Crippen LogP contribution in [0.1, 0.15) is 6.42 Å². The van der Waals surface area contributed by atoms with Crippen LogP contribution in [-0.2, 0) is 9.59 Å². The molecule has 1 saturated heterocycles. The van der Waals surface area contributed by atoms with Crippen LogP contribution in [0.15, 0.2) is 0 Å². The van der Waals surface area contributed by atoms with Crippen molar-refractivity contribution in [1.29, 1.82) is 0 Å². The number of halogens is 3. The smallest absolute Gasteiger partial charge is 0.475 e. The van der Waals surface area contributed by atoms with E-state index in [9.17, 15) is 18.0 Å². The highest BCUT2D eigenvalue weighted by molar-refractivity contribution is 7.98. The van der Waals surface area contributed by atoms with Crippen molar-refractivity contribution in [2.45, 2.75) is 12.6 Å². The fourth-order valence-electron chi connectivity index (χ4n) is 0.326. The van der Waals surface area contributed by atoms with Crippen LogP contribution in [0, 0.1) is 0 Å². The Bertz CT molecular complexity index is 198. The summed E-state index contributed by atoms with van der Waals surface area (Å²) in [4.78, 5) is 19.0. The molecule has 1 aliphatic rings. The molecular formula is C5H6F3NO3S. The van der Waals surface area contributed by atoms with Crippen molar-refractivity contribution in [2.75, 3.05) is 5.75 Å². The van der Waals surface area contributed by atoms with Gasteiger partial charge in [-0.25, -0.2) is 4.79 Å². The molecule has 0 spiro atoms. The number of amides is 1. The Labute approximate surface area is 75.6 Å². The van der Waals surface area contributed by atoms with Crippen LogP contribution in [0.2, 0.25) is 0 Å². The summed E-state index contributed by atoms with van der Waals surface area (Å²) in [5, 5.41) is 7.12. The van der Waals surface area contributed by atoms with Crippen molar-refractivity contribution in [3.8, 4) is 0 Å². The predicted molar refractivity (Wildman–Crippen MR) is 38.9 cm³/mol. The number of carbonyl (C=O) groups is 2. The third-order valence-electron chi connectivity index (χ3n) is 0.860. The van der Waals surface area contributed by atoms with Crippen LogP contribution in [-0.4, -0.2) is 28.9 Å². The molecule has 0 aliphatic carbocycles. The Hall–Kier alpha value is -0.920. The summed E-state index contributed by atoms with van der Waals surface area (Å²) in [5.74, 6) is -1.65. The van der Waals surface area contributed by atoms with E-state index in [2.05, 4.69) is 4.72 Å². The highest BCUT2D eigenvalue weighted by Crippen LogP contribution is 2.13. The summed E-state index contributed by atoms with van der Waals surface area (Å²) < 4.78 is 34.3. The lowest BCUT2D eigenvalue weighted by Crippen LogP contribution is -2.21. The Morgan fingerprint density at radius 2 is 2.00 bits per heavy atom. The first-order valence-corrected chi connectivity index (χ1v) is 4.03. The van der Waals surface area contributed by atoms with Gasteiger partial charge in [0.05, 0.1) is 0 Å². The summed E-state index contributed by atoms with van der Waals surface area (Å²) >= 11 is 1.48. The van der Waals surface area contributed by atoms with Gasteiger partial charge in [-0.1, -0.05) is 0 Å². The fraction of sp³-hybridized carbons (Fsp3) is 0.600. The molecule has 76 valence electrons. The maximum atomic E-state index is 10.6. The van der Waals surface area contributed by atoms with Crippen LogP contribution in [0.5, 0.6) is 0 Å². The maximum Gasteiger partial charge on any atom is 0.490 e. The minimum Gasteiger partial charge on any atom is -0.475 e. The summed E-state index contributed by atoms with van der Waals surface area (Å²) in [6, 6.07) is 0. The van der Waals surface area contributed by atoms with Crippen molar-refractivity contribution in [2.24, 2.45) is 0 Å². The number of rotatable bonds is 0. The molecular weight excluding hydrogens is 211 g/mol. The van der Waals surface area contributed by atoms with Gasteiger partial charge >= 0.3 is 12.1 Å². The first kappa shape index (κ1) is 12.1. The average Bonchev–Trinajstić information content (AvgIpc) is 2.38. The van der Waals surface area contributed by atoms with Crippen molar-refractivity contribution >= 4 is 23.8 Å². The van der Waals surface area contributed by atoms with Crippen LogP contribution in [0.4, 0.5) is 13.2 Å². The molecule has 1 fully saturated rings. The molecule has 0 atom stereocenters. The Kier molecular flexibility index (Phi) is 4.60. The molecule has 1 rings (SSSR count). The number of alkyl halides is 3. The van der Waals surface area contributed by atoms with E-state index in [1.165, 1.54) is 11.9 Å². The summed E-state index contributed by atoms with van der Waals surface area (Å²) in [6.07, 6.45) is -4.38. The minimum atomic E-state index is -5.08. The highest BCUT2D eigenvalue weighted by Gasteiger charge is 2.38. The average molecular weight is 217 g/mol. The fourth-order valence-corrected chi connectivity index (χ4v) is 0.979. The molecule has 0 aromatic carbocycles. The van der Waals surface area contributed by atoms with Crippen LogP contribution in [0.25, 0.3) is 0 Å². The normalized spacial score (nSPS) is 15.8.